The van der Waals surface area contributed by atoms with Crippen molar-refractivity contribution < 1.29 is 4.74 Å². The van der Waals surface area contributed by atoms with Crippen molar-refractivity contribution in [3.05, 3.63) is 55.1 Å². The van der Waals surface area contributed by atoms with Crippen LogP contribution in [0.2, 0.25) is 0 Å². The fourth-order valence-electron chi connectivity index (χ4n) is 3.86. The van der Waals surface area contributed by atoms with E-state index in [1.54, 1.807) is 12.4 Å². The number of ether oxygens (including phenoxy) is 1. The number of morpholine rings is 1. The lowest BCUT2D eigenvalue weighted by molar-refractivity contribution is 0.122. The monoisotopic (exact) mass is 413 g/mol. The van der Waals surface area contributed by atoms with Gasteiger partial charge < -0.3 is 9.64 Å². The molecule has 31 heavy (non-hydrogen) atoms. The predicted molar refractivity (Wildman–Crippen MR) is 118 cm³/mol. The van der Waals surface area contributed by atoms with Crippen molar-refractivity contribution in [2.75, 3.05) is 31.2 Å². The summed E-state index contributed by atoms with van der Waals surface area (Å²) in [5.74, 6) is 0.776. The third-order valence-corrected chi connectivity index (χ3v) is 5.63. The van der Waals surface area contributed by atoms with E-state index in [0.717, 1.165) is 54.6 Å². The molecule has 0 radical (unpaired) electrons. The molecular weight excluding hydrogens is 390 g/mol. The number of benzene rings is 1. The molecule has 4 heterocycles. The van der Waals surface area contributed by atoms with E-state index < -0.39 is 0 Å². The molecule has 1 fully saturated rings. The second-order valence-corrected chi connectivity index (χ2v) is 7.69. The Kier molecular flexibility index (Phi) is 5.10. The Bertz CT molecular complexity index is 1230. The lowest BCUT2D eigenvalue weighted by Gasteiger charge is -2.28. The molecule has 1 saturated heterocycles. The minimum atomic E-state index is 0.00735. The molecule has 0 bridgehead atoms. The smallest absolute Gasteiger partial charge is 0.149 e. The van der Waals surface area contributed by atoms with Gasteiger partial charge in [0.15, 0.2) is 0 Å². The fourth-order valence-corrected chi connectivity index (χ4v) is 3.86. The average molecular weight is 413 g/mol. The molecule has 0 saturated carbocycles. The molecule has 0 N–H and O–H groups in total. The van der Waals surface area contributed by atoms with Crippen molar-refractivity contribution in [2.24, 2.45) is 0 Å². The zero-order valence-electron chi connectivity index (χ0n) is 17.3. The molecular formula is C23H23N7O. The van der Waals surface area contributed by atoms with E-state index >= 15 is 0 Å². The van der Waals surface area contributed by atoms with Crippen LogP contribution in [0.3, 0.4) is 0 Å². The number of hydrogen-bond acceptors (Lipinski definition) is 6. The number of rotatable bonds is 5. The number of fused-ring (bicyclic) bond motifs is 1. The van der Waals surface area contributed by atoms with Gasteiger partial charge in [0, 0.05) is 49.0 Å². The summed E-state index contributed by atoms with van der Waals surface area (Å²) in [4.78, 5) is 11.8. The van der Waals surface area contributed by atoms with E-state index in [1.165, 1.54) is 5.69 Å². The van der Waals surface area contributed by atoms with Crippen molar-refractivity contribution in [1.82, 2.24) is 24.1 Å². The van der Waals surface area contributed by atoms with E-state index in [0.29, 0.717) is 6.42 Å². The average Bonchev–Trinajstić information content (AvgIpc) is 3.49. The second kappa shape index (κ2) is 8.20. The molecule has 1 atom stereocenters. The summed E-state index contributed by atoms with van der Waals surface area (Å²) in [7, 11) is 0. The van der Waals surface area contributed by atoms with Gasteiger partial charge in [-0.2, -0.15) is 10.4 Å². The van der Waals surface area contributed by atoms with Crippen LogP contribution >= 0.6 is 0 Å². The summed E-state index contributed by atoms with van der Waals surface area (Å²) in [6.45, 7) is 5.34. The molecule has 5 rings (SSSR count). The zero-order chi connectivity index (χ0) is 21.2. The maximum Gasteiger partial charge on any atom is 0.149 e. The minimum Gasteiger partial charge on any atom is -0.378 e. The molecule has 1 unspecified atom stereocenters. The van der Waals surface area contributed by atoms with Crippen LogP contribution in [0.1, 0.15) is 19.4 Å². The highest BCUT2D eigenvalue weighted by atomic mass is 16.5. The van der Waals surface area contributed by atoms with Crippen LogP contribution < -0.4 is 4.90 Å². The number of nitriles is 1. The van der Waals surface area contributed by atoms with Gasteiger partial charge >= 0.3 is 0 Å². The first-order valence-corrected chi connectivity index (χ1v) is 10.4. The first-order chi connectivity index (χ1) is 15.2. The predicted octanol–water partition coefficient (Wildman–Crippen LogP) is 3.57. The number of aromatic nitrogens is 5. The van der Waals surface area contributed by atoms with Gasteiger partial charge in [-0.05, 0) is 19.1 Å². The van der Waals surface area contributed by atoms with Crippen LogP contribution in [0.4, 0.5) is 5.69 Å². The van der Waals surface area contributed by atoms with Crippen molar-refractivity contribution in [1.29, 1.82) is 5.26 Å². The third kappa shape index (κ3) is 3.76. The van der Waals surface area contributed by atoms with Gasteiger partial charge in [0.1, 0.15) is 11.5 Å². The number of imidazole rings is 1. The van der Waals surface area contributed by atoms with Gasteiger partial charge in [0.05, 0.1) is 49.2 Å². The van der Waals surface area contributed by atoms with Gasteiger partial charge in [-0.1, -0.05) is 12.1 Å². The van der Waals surface area contributed by atoms with E-state index in [9.17, 15) is 0 Å². The molecule has 3 aromatic heterocycles. The van der Waals surface area contributed by atoms with Crippen LogP contribution in [0.5, 0.6) is 0 Å². The molecule has 0 spiro atoms. The molecule has 156 valence electrons. The molecule has 8 nitrogen and oxygen atoms in total. The molecule has 1 aliphatic rings. The maximum atomic E-state index is 8.98. The summed E-state index contributed by atoms with van der Waals surface area (Å²) >= 11 is 0. The van der Waals surface area contributed by atoms with Crippen molar-refractivity contribution in [2.45, 2.75) is 19.4 Å². The van der Waals surface area contributed by atoms with Crippen LogP contribution in [0, 0.1) is 11.3 Å². The van der Waals surface area contributed by atoms with Gasteiger partial charge in [-0.25, -0.2) is 9.97 Å². The highest BCUT2D eigenvalue weighted by molar-refractivity contribution is 5.70. The summed E-state index contributed by atoms with van der Waals surface area (Å²) in [5, 5.41) is 13.4. The Morgan fingerprint density at radius 1 is 1.16 bits per heavy atom. The highest BCUT2D eigenvalue weighted by Crippen LogP contribution is 2.27. The standard InChI is InChI=1S/C23H23N7O/c1-17(6-7-24)30-16-19(15-26-30)23-27-21(14-22-25-8-9-29(22)23)18-2-4-20(5-3-18)28-10-12-31-13-11-28/h2-5,8-9,14-17H,6,10-13H2,1H3. The first kappa shape index (κ1) is 19.3. The Balaban J connectivity index is 1.50. The van der Waals surface area contributed by atoms with Crippen LogP contribution in [0.25, 0.3) is 28.3 Å². The van der Waals surface area contributed by atoms with Gasteiger partial charge in [-0.15, -0.1) is 0 Å². The van der Waals surface area contributed by atoms with E-state index in [2.05, 4.69) is 45.3 Å². The normalized spacial score (nSPS) is 15.2. The number of nitrogens with zero attached hydrogens (tertiary/aromatic N) is 7. The largest absolute Gasteiger partial charge is 0.378 e. The number of anilines is 1. The van der Waals surface area contributed by atoms with E-state index in [4.69, 9.17) is 15.0 Å². The summed E-state index contributed by atoms with van der Waals surface area (Å²) in [6.07, 6.45) is 7.81. The second-order valence-electron chi connectivity index (χ2n) is 7.69. The van der Waals surface area contributed by atoms with Gasteiger partial charge in [0.25, 0.3) is 0 Å². The molecule has 1 aromatic carbocycles. The van der Waals surface area contributed by atoms with E-state index in [-0.39, 0.29) is 6.04 Å². The quantitative estimate of drug-likeness (QED) is 0.497. The van der Waals surface area contributed by atoms with Crippen molar-refractivity contribution >= 4 is 11.3 Å². The summed E-state index contributed by atoms with van der Waals surface area (Å²) in [5.41, 5.74) is 4.81. The van der Waals surface area contributed by atoms with Crippen LogP contribution in [0.15, 0.2) is 55.1 Å². The lowest BCUT2D eigenvalue weighted by atomic mass is 10.1. The Morgan fingerprint density at radius 2 is 1.97 bits per heavy atom. The van der Waals surface area contributed by atoms with Crippen molar-refractivity contribution in [3.63, 3.8) is 0 Å². The third-order valence-electron chi connectivity index (χ3n) is 5.63. The molecule has 1 aliphatic heterocycles. The van der Waals surface area contributed by atoms with Gasteiger partial charge in [-0.3, -0.25) is 9.08 Å². The molecule has 0 aliphatic carbocycles. The number of hydrogen-bond donors (Lipinski definition) is 0. The van der Waals surface area contributed by atoms with E-state index in [1.807, 2.05) is 34.5 Å². The lowest BCUT2D eigenvalue weighted by Crippen LogP contribution is -2.36. The highest BCUT2D eigenvalue weighted by Gasteiger charge is 2.15. The van der Waals surface area contributed by atoms with Crippen LogP contribution in [-0.4, -0.2) is 50.5 Å². The summed E-state index contributed by atoms with van der Waals surface area (Å²) in [6, 6.07) is 12.7. The first-order valence-electron chi connectivity index (χ1n) is 10.4. The minimum absolute atomic E-state index is 0.00735. The Hall–Kier alpha value is -3.70. The molecule has 0 amide bonds. The summed E-state index contributed by atoms with van der Waals surface area (Å²) < 4.78 is 9.22. The van der Waals surface area contributed by atoms with Crippen LogP contribution in [-0.2, 0) is 4.74 Å². The zero-order valence-corrected chi connectivity index (χ0v) is 17.3. The van der Waals surface area contributed by atoms with Crippen molar-refractivity contribution in [3.8, 4) is 28.7 Å². The molecule has 4 aromatic rings. The topological polar surface area (TPSA) is 84.3 Å². The maximum absolute atomic E-state index is 8.98. The fraction of sp³-hybridized carbons (Fsp3) is 0.304. The van der Waals surface area contributed by atoms with Gasteiger partial charge in [0.2, 0.25) is 0 Å². The molecule has 8 heteroatoms. The Labute approximate surface area is 180 Å². The Morgan fingerprint density at radius 3 is 2.74 bits per heavy atom. The SMILES string of the molecule is CC(CC#N)n1cc(-c2nc(-c3ccc(N4CCOCC4)cc3)cc3nccn23)cn1.